The van der Waals surface area contributed by atoms with Crippen LogP contribution in [-0.4, -0.2) is 19.8 Å². The Hall–Kier alpha value is -2.11. The Morgan fingerprint density at radius 2 is 1.95 bits per heavy atom. The van der Waals surface area contributed by atoms with E-state index < -0.39 is 0 Å². The number of hydrogen-bond acceptors (Lipinski definition) is 4. The second kappa shape index (κ2) is 7.61. The topological polar surface area (TPSA) is 56.5 Å². The standard InChI is InChI=1S/C16H19FN2O2/c1-20-16-8-7-12(10-15(16)17)9-13(19-18)11-21-14-5-3-2-4-6-14/h2-8,10,13,19H,9,11,18H2,1H3. The van der Waals surface area contributed by atoms with Gasteiger partial charge in [-0.25, -0.2) is 4.39 Å². The van der Waals surface area contributed by atoms with E-state index >= 15 is 0 Å². The first-order valence-electron chi connectivity index (χ1n) is 6.69. The largest absolute Gasteiger partial charge is 0.494 e. The van der Waals surface area contributed by atoms with E-state index in [0.717, 1.165) is 11.3 Å². The van der Waals surface area contributed by atoms with Gasteiger partial charge in [-0.05, 0) is 36.2 Å². The molecule has 0 saturated heterocycles. The zero-order chi connectivity index (χ0) is 15.1. The average molecular weight is 290 g/mol. The molecule has 0 aliphatic carbocycles. The predicted octanol–water partition coefficient (Wildman–Crippen LogP) is 2.29. The van der Waals surface area contributed by atoms with E-state index in [2.05, 4.69) is 5.43 Å². The van der Waals surface area contributed by atoms with E-state index in [1.807, 2.05) is 36.4 Å². The van der Waals surface area contributed by atoms with Crippen molar-refractivity contribution in [2.45, 2.75) is 12.5 Å². The quantitative estimate of drug-likeness (QED) is 0.607. The van der Waals surface area contributed by atoms with Crippen molar-refractivity contribution in [3.8, 4) is 11.5 Å². The molecule has 5 heteroatoms. The predicted molar refractivity (Wildman–Crippen MR) is 79.7 cm³/mol. The van der Waals surface area contributed by atoms with Gasteiger partial charge in [-0.2, -0.15) is 0 Å². The first kappa shape index (κ1) is 15.3. The van der Waals surface area contributed by atoms with Crippen molar-refractivity contribution in [3.63, 3.8) is 0 Å². The molecule has 0 aliphatic rings. The second-order valence-electron chi connectivity index (χ2n) is 4.66. The van der Waals surface area contributed by atoms with E-state index in [0.29, 0.717) is 13.0 Å². The van der Waals surface area contributed by atoms with Gasteiger partial charge in [-0.3, -0.25) is 11.3 Å². The van der Waals surface area contributed by atoms with E-state index in [9.17, 15) is 4.39 Å². The number of hydrogen-bond donors (Lipinski definition) is 2. The normalized spacial score (nSPS) is 12.0. The number of para-hydroxylation sites is 1. The third-order valence-electron chi connectivity index (χ3n) is 3.13. The van der Waals surface area contributed by atoms with Crippen molar-refractivity contribution in [1.82, 2.24) is 5.43 Å². The van der Waals surface area contributed by atoms with E-state index in [4.69, 9.17) is 15.3 Å². The van der Waals surface area contributed by atoms with Crippen molar-refractivity contribution in [2.24, 2.45) is 5.84 Å². The summed E-state index contributed by atoms with van der Waals surface area (Å²) < 4.78 is 24.2. The van der Waals surface area contributed by atoms with Crippen LogP contribution in [0.4, 0.5) is 4.39 Å². The fourth-order valence-corrected chi connectivity index (χ4v) is 2.00. The molecular weight excluding hydrogens is 271 g/mol. The maximum Gasteiger partial charge on any atom is 0.165 e. The number of hydrazine groups is 1. The highest BCUT2D eigenvalue weighted by Gasteiger charge is 2.11. The number of rotatable bonds is 7. The molecule has 21 heavy (non-hydrogen) atoms. The highest BCUT2D eigenvalue weighted by atomic mass is 19.1. The third kappa shape index (κ3) is 4.44. The van der Waals surface area contributed by atoms with Gasteiger partial charge in [-0.1, -0.05) is 24.3 Å². The molecule has 0 amide bonds. The average Bonchev–Trinajstić information content (AvgIpc) is 2.52. The van der Waals surface area contributed by atoms with Gasteiger partial charge in [0.1, 0.15) is 12.4 Å². The maximum atomic E-state index is 13.6. The van der Waals surface area contributed by atoms with Gasteiger partial charge in [-0.15, -0.1) is 0 Å². The number of nitrogens with two attached hydrogens (primary N) is 1. The lowest BCUT2D eigenvalue weighted by Gasteiger charge is -2.17. The lowest BCUT2D eigenvalue weighted by atomic mass is 10.1. The molecule has 2 rings (SSSR count). The minimum atomic E-state index is -0.380. The summed E-state index contributed by atoms with van der Waals surface area (Å²) in [6.45, 7) is 0.397. The molecule has 2 aromatic carbocycles. The van der Waals surface area contributed by atoms with Gasteiger partial charge in [0, 0.05) is 0 Å². The highest BCUT2D eigenvalue weighted by molar-refractivity contribution is 5.29. The molecule has 0 spiro atoms. The van der Waals surface area contributed by atoms with Crippen LogP contribution >= 0.6 is 0 Å². The number of nitrogens with one attached hydrogen (secondary N) is 1. The Kier molecular flexibility index (Phi) is 5.54. The Labute approximate surface area is 123 Å². The van der Waals surface area contributed by atoms with Gasteiger partial charge in [0.15, 0.2) is 11.6 Å². The molecule has 0 heterocycles. The van der Waals surface area contributed by atoms with Crippen molar-refractivity contribution in [3.05, 3.63) is 59.9 Å². The van der Waals surface area contributed by atoms with Gasteiger partial charge in [0.25, 0.3) is 0 Å². The SMILES string of the molecule is COc1ccc(CC(COc2ccccc2)NN)cc1F. The van der Waals surface area contributed by atoms with Gasteiger partial charge < -0.3 is 9.47 Å². The Bertz CT molecular complexity index is 563. The smallest absolute Gasteiger partial charge is 0.165 e. The van der Waals surface area contributed by atoms with Crippen LogP contribution in [0.2, 0.25) is 0 Å². The van der Waals surface area contributed by atoms with Gasteiger partial charge >= 0.3 is 0 Å². The molecule has 0 saturated carbocycles. The summed E-state index contributed by atoms with van der Waals surface area (Å²) in [5.41, 5.74) is 3.52. The van der Waals surface area contributed by atoms with Gasteiger partial charge in [0.2, 0.25) is 0 Å². The maximum absolute atomic E-state index is 13.6. The zero-order valence-corrected chi connectivity index (χ0v) is 11.9. The van der Waals surface area contributed by atoms with Crippen LogP contribution in [0.5, 0.6) is 11.5 Å². The van der Waals surface area contributed by atoms with Gasteiger partial charge in [0.05, 0.1) is 13.2 Å². The molecule has 3 N–H and O–H groups in total. The summed E-state index contributed by atoms with van der Waals surface area (Å²) in [5, 5.41) is 0. The molecule has 1 atom stereocenters. The van der Waals surface area contributed by atoms with Crippen LogP contribution in [0.3, 0.4) is 0 Å². The van der Waals surface area contributed by atoms with Crippen molar-refractivity contribution >= 4 is 0 Å². The Morgan fingerprint density at radius 1 is 1.19 bits per heavy atom. The first-order chi connectivity index (χ1) is 10.2. The van der Waals surface area contributed by atoms with Crippen LogP contribution < -0.4 is 20.7 Å². The van der Waals surface area contributed by atoms with Crippen LogP contribution in [0.25, 0.3) is 0 Å². The van der Waals surface area contributed by atoms with Crippen molar-refractivity contribution in [2.75, 3.05) is 13.7 Å². The van der Waals surface area contributed by atoms with Crippen molar-refractivity contribution < 1.29 is 13.9 Å². The van der Waals surface area contributed by atoms with E-state index in [1.165, 1.54) is 13.2 Å². The minimum Gasteiger partial charge on any atom is -0.494 e. The van der Waals surface area contributed by atoms with Crippen LogP contribution in [-0.2, 0) is 6.42 Å². The molecule has 0 aromatic heterocycles. The lowest BCUT2D eigenvalue weighted by molar-refractivity contribution is 0.264. The second-order valence-corrected chi connectivity index (χ2v) is 4.66. The summed E-state index contributed by atoms with van der Waals surface area (Å²) in [5.74, 6) is 6.16. The Morgan fingerprint density at radius 3 is 2.57 bits per heavy atom. The summed E-state index contributed by atoms with van der Waals surface area (Å²) >= 11 is 0. The minimum absolute atomic E-state index is 0.113. The Balaban J connectivity index is 1.94. The first-order valence-corrected chi connectivity index (χ1v) is 6.69. The monoisotopic (exact) mass is 290 g/mol. The molecule has 4 nitrogen and oxygen atoms in total. The summed E-state index contributed by atoms with van der Waals surface area (Å²) in [6.07, 6.45) is 0.560. The lowest BCUT2D eigenvalue weighted by Crippen LogP contribution is -2.41. The van der Waals surface area contributed by atoms with E-state index in [1.54, 1.807) is 6.07 Å². The molecule has 2 aromatic rings. The number of methoxy groups -OCH3 is 1. The van der Waals surface area contributed by atoms with Crippen LogP contribution in [0.1, 0.15) is 5.56 Å². The number of ether oxygens (including phenoxy) is 2. The zero-order valence-electron chi connectivity index (χ0n) is 11.9. The third-order valence-corrected chi connectivity index (χ3v) is 3.13. The molecule has 0 radical (unpaired) electrons. The van der Waals surface area contributed by atoms with E-state index in [-0.39, 0.29) is 17.6 Å². The molecule has 1 unspecified atom stereocenters. The number of halogens is 1. The van der Waals surface area contributed by atoms with Crippen LogP contribution in [0.15, 0.2) is 48.5 Å². The number of benzene rings is 2. The highest BCUT2D eigenvalue weighted by Crippen LogP contribution is 2.18. The molecule has 112 valence electrons. The van der Waals surface area contributed by atoms with Crippen LogP contribution in [0, 0.1) is 5.82 Å². The molecule has 0 fully saturated rings. The summed E-state index contributed by atoms with van der Waals surface area (Å²) in [6, 6.07) is 14.2. The van der Waals surface area contributed by atoms with Crippen molar-refractivity contribution in [1.29, 1.82) is 0 Å². The molecular formula is C16H19FN2O2. The fourth-order valence-electron chi connectivity index (χ4n) is 2.00. The molecule has 0 aliphatic heterocycles. The molecule has 0 bridgehead atoms. The summed E-state index contributed by atoms with van der Waals surface area (Å²) in [7, 11) is 1.44. The fraction of sp³-hybridized carbons (Fsp3) is 0.250. The summed E-state index contributed by atoms with van der Waals surface area (Å²) in [4.78, 5) is 0.